The van der Waals surface area contributed by atoms with Crippen LogP contribution >= 0.6 is 11.3 Å². The molecule has 22 heavy (non-hydrogen) atoms. The van der Waals surface area contributed by atoms with Crippen LogP contribution in [0.5, 0.6) is 0 Å². The van der Waals surface area contributed by atoms with Gasteiger partial charge in [0.05, 0.1) is 6.20 Å². The molecule has 0 bridgehead atoms. The first-order chi connectivity index (χ1) is 10.7. The quantitative estimate of drug-likeness (QED) is 0.794. The lowest BCUT2D eigenvalue weighted by Crippen LogP contribution is -2.22. The van der Waals surface area contributed by atoms with Gasteiger partial charge in [0.15, 0.2) is 0 Å². The zero-order valence-corrected chi connectivity index (χ0v) is 12.4. The number of thiazole rings is 1. The fourth-order valence-electron chi connectivity index (χ4n) is 2.00. The lowest BCUT2D eigenvalue weighted by molar-refractivity contribution is 0.0954. The third-order valence-corrected chi connectivity index (χ3v) is 4.19. The predicted molar refractivity (Wildman–Crippen MR) is 85.1 cm³/mol. The topological polar surface area (TPSA) is 42.0 Å². The molecule has 0 fully saturated rings. The molecule has 0 saturated heterocycles. The van der Waals surface area contributed by atoms with Gasteiger partial charge in [-0.1, -0.05) is 48.5 Å². The molecule has 0 spiro atoms. The van der Waals surface area contributed by atoms with Crippen molar-refractivity contribution in [2.45, 2.75) is 6.54 Å². The van der Waals surface area contributed by atoms with Crippen molar-refractivity contribution in [1.29, 1.82) is 0 Å². The first-order valence-electron chi connectivity index (χ1n) is 6.77. The third kappa shape index (κ3) is 3.20. The van der Waals surface area contributed by atoms with Crippen molar-refractivity contribution in [3.63, 3.8) is 0 Å². The van der Waals surface area contributed by atoms with Crippen LogP contribution in [0.15, 0.2) is 60.8 Å². The van der Waals surface area contributed by atoms with Gasteiger partial charge in [-0.25, -0.2) is 9.37 Å². The molecule has 0 radical (unpaired) electrons. The molecule has 0 atom stereocenters. The molecule has 3 aromatic rings. The van der Waals surface area contributed by atoms with Gasteiger partial charge in [0.25, 0.3) is 5.91 Å². The Morgan fingerprint density at radius 1 is 1.09 bits per heavy atom. The largest absolute Gasteiger partial charge is 0.347 e. The van der Waals surface area contributed by atoms with Gasteiger partial charge in [-0.05, 0) is 6.07 Å². The Morgan fingerprint density at radius 2 is 1.82 bits per heavy atom. The number of halogens is 1. The standard InChI is InChI=1S/C17H13FN2OS/c18-14-9-5-4-8-13(14)10-19-16(21)15-11-20-17(22-15)12-6-2-1-3-7-12/h1-9,11H,10H2,(H,19,21). The van der Waals surface area contributed by atoms with Gasteiger partial charge in [-0.2, -0.15) is 0 Å². The minimum Gasteiger partial charge on any atom is -0.347 e. The maximum absolute atomic E-state index is 13.5. The van der Waals surface area contributed by atoms with E-state index in [0.29, 0.717) is 10.4 Å². The molecule has 5 heteroatoms. The number of amides is 1. The van der Waals surface area contributed by atoms with Crippen molar-refractivity contribution in [3.05, 3.63) is 77.1 Å². The molecule has 0 aliphatic carbocycles. The van der Waals surface area contributed by atoms with Crippen molar-refractivity contribution < 1.29 is 9.18 Å². The molecular weight excluding hydrogens is 299 g/mol. The van der Waals surface area contributed by atoms with E-state index in [9.17, 15) is 9.18 Å². The van der Waals surface area contributed by atoms with Crippen LogP contribution in [0.25, 0.3) is 10.6 Å². The van der Waals surface area contributed by atoms with Gasteiger partial charge in [-0.3, -0.25) is 4.79 Å². The van der Waals surface area contributed by atoms with Crippen molar-refractivity contribution >= 4 is 17.2 Å². The Bertz CT molecular complexity index is 786. The van der Waals surface area contributed by atoms with Gasteiger partial charge in [-0.15, -0.1) is 11.3 Å². The molecule has 3 nitrogen and oxygen atoms in total. The van der Waals surface area contributed by atoms with Crippen LogP contribution in [0.4, 0.5) is 4.39 Å². The van der Waals surface area contributed by atoms with Crippen LogP contribution in [0.3, 0.4) is 0 Å². The Kier molecular flexibility index (Phi) is 4.25. The molecule has 3 rings (SSSR count). The number of carbonyl (C=O) groups excluding carboxylic acids is 1. The first-order valence-corrected chi connectivity index (χ1v) is 7.58. The zero-order chi connectivity index (χ0) is 15.4. The van der Waals surface area contributed by atoms with E-state index in [-0.39, 0.29) is 18.3 Å². The number of hydrogen-bond donors (Lipinski definition) is 1. The molecule has 0 saturated carbocycles. The SMILES string of the molecule is O=C(NCc1ccccc1F)c1cnc(-c2ccccc2)s1. The lowest BCUT2D eigenvalue weighted by atomic mass is 10.2. The molecule has 0 unspecified atom stereocenters. The summed E-state index contributed by atoms with van der Waals surface area (Å²) in [7, 11) is 0. The zero-order valence-electron chi connectivity index (χ0n) is 11.6. The second-order valence-electron chi connectivity index (χ2n) is 4.67. The van der Waals surface area contributed by atoms with Crippen molar-refractivity contribution in [2.75, 3.05) is 0 Å². The lowest BCUT2D eigenvalue weighted by Gasteiger charge is -2.04. The number of benzene rings is 2. The molecule has 1 N–H and O–H groups in total. The Hall–Kier alpha value is -2.53. The number of nitrogens with one attached hydrogen (secondary N) is 1. The summed E-state index contributed by atoms with van der Waals surface area (Å²) in [6.07, 6.45) is 1.55. The van der Waals surface area contributed by atoms with Crippen LogP contribution in [0.1, 0.15) is 15.2 Å². The van der Waals surface area contributed by atoms with E-state index >= 15 is 0 Å². The Morgan fingerprint density at radius 3 is 2.59 bits per heavy atom. The van der Waals surface area contributed by atoms with Gasteiger partial charge >= 0.3 is 0 Å². The molecule has 1 aromatic heterocycles. The number of hydrogen-bond acceptors (Lipinski definition) is 3. The van der Waals surface area contributed by atoms with Crippen molar-refractivity contribution in [2.24, 2.45) is 0 Å². The highest BCUT2D eigenvalue weighted by atomic mass is 32.1. The summed E-state index contributed by atoms with van der Waals surface area (Å²) in [6.45, 7) is 0.157. The van der Waals surface area contributed by atoms with E-state index in [1.807, 2.05) is 30.3 Å². The monoisotopic (exact) mass is 312 g/mol. The second kappa shape index (κ2) is 6.49. The van der Waals surface area contributed by atoms with E-state index in [4.69, 9.17) is 0 Å². The second-order valence-corrected chi connectivity index (χ2v) is 5.70. The molecule has 0 aliphatic rings. The van der Waals surface area contributed by atoms with Gasteiger partial charge < -0.3 is 5.32 Å². The molecule has 0 aliphatic heterocycles. The number of rotatable bonds is 4. The highest BCUT2D eigenvalue weighted by Gasteiger charge is 2.12. The summed E-state index contributed by atoms with van der Waals surface area (Å²) in [5.41, 5.74) is 1.43. The summed E-state index contributed by atoms with van der Waals surface area (Å²) in [5.74, 6) is -0.569. The normalized spacial score (nSPS) is 10.4. The minimum absolute atomic E-state index is 0.157. The number of nitrogens with zero attached hydrogens (tertiary/aromatic N) is 1. The van der Waals surface area contributed by atoms with Gasteiger partial charge in [0, 0.05) is 17.7 Å². The van der Waals surface area contributed by atoms with Crippen LogP contribution in [0, 0.1) is 5.82 Å². The van der Waals surface area contributed by atoms with E-state index in [0.717, 1.165) is 10.6 Å². The molecule has 1 amide bonds. The van der Waals surface area contributed by atoms with Crippen molar-refractivity contribution in [1.82, 2.24) is 10.3 Å². The molecule has 1 heterocycles. The van der Waals surface area contributed by atoms with E-state index in [1.165, 1.54) is 17.4 Å². The highest BCUT2D eigenvalue weighted by molar-refractivity contribution is 7.16. The van der Waals surface area contributed by atoms with E-state index < -0.39 is 0 Å². The molecule has 110 valence electrons. The van der Waals surface area contributed by atoms with Gasteiger partial charge in [0.2, 0.25) is 0 Å². The third-order valence-electron chi connectivity index (χ3n) is 3.15. The summed E-state index contributed by atoms with van der Waals surface area (Å²) >= 11 is 1.32. The summed E-state index contributed by atoms with van der Waals surface area (Å²) in [4.78, 5) is 16.9. The smallest absolute Gasteiger partial charge is 0.263 e. The first kappa shape index (κ1) is 14.4. The summed E-state index contributed by atoms with van der Waals surface area (Å²) in [6, 6.07) is 16.1. The molecule has 2 aromatic carbocycles. The molecular formula is C17H13FN2OS. The van der Waals surface area contributed by atoms with Crippen LogP contribution in [0.2, 0.25) is 0 Å². The van der Waals surface area contributed by atoms with Crippen LogP contribution in [-0.4, -0.2) is 10.9 Å². The summed E-state index contributed by atoms with van der Waals surface area (Å²) < 4.78 is 13.5. The maximum Gasteiger partial charge on any atom is 0.263 e. The fraction of sp³-hybridized carbons (Fsp3) is 0.0588. The van der Waals surface area contributed by atoms with Crippen molar-refractivity contribution in [3.8, 4) is 10.6 Å². The van der Waals surface area contributed by atoms with Crippen LogP contribution in [-0.2, 0) is 6.54 Å². The van der Waals surface area contributed by atoms with E-state index in [2.05, 4.69) is 10.3 Å². The number of aromatic nitrogens is 1. The van der Waals surface area contributed by atoms with Gasteiger partial charge in [0.1, 0.15) is 15.7 Å². The average Bonchev–Trinajstić information content (AvgIpc) is 3.05. The Labute approximate surface area is 131 Å². The Balaban J connectivity index is 1.69. The fourth-order valence-corrected chi connectivity index (χ4v) is 2.84. The van der Waals surface area contributed by atoms with E-state index in [1.54, 1.807) is 24.4 Å². The highest BCUT2D eigenvalue weighted by Crippen LogP contribution is 2.24. The minimum atomic E-state index is -0.322. The predicted octanol–water partition coefficient (Wildman–Crippen LogP) is 3.88. The average molecular weight is 312 g/mol. The number of carbonyl (C=O) groups is 1. The van der Waals surface area contributed by atoms with Crippen LogP contribution < -0.4 is 5.32 Å². The summed E-state index contributed by atoms with van der Waals surface area (Å²) in [5, 5.41) is 3.50. The maximum atomic E-state index is 13.5.